The molecule has 1 unspecified atom stereocenters. The van der Waals surface area contributed by atoms with Crippen LogP contribution in [0.25, 0.3) is 0 Å². The first-order chi connectivity index (χ1) is 13.0. The number of hydrogen-bond acceptors (Lipinski definition) is 3. The number of ether oxygens (including phenoxy) is 2. The molecule has 0 aliphatic rings. The fraction of sp³-hybridized carbons (Fsp3) is 1.00. The molecule has 4 nitrogen and oxygen atoms in total. The summed E-state index contributed by atoms with van der Waals surface area (Å²) in [5.74, 6) is 0. The van der Waals surface area contributed by atoms with Crippen molar-refractivity contribution in [3.05, 3.63) is 0 Å². The molecule has 0 fully saturated rings. The first kappa shape index (κ1) is 27.1. The van der Waals surface area contributed by atoms with Crippen molar-refractivity contribution in [1.29, 1.82) is 0 Å². The van der Waals surface area contributed by atoms with E-state index in [1.54, 1.807) is 0 Å². The zero-order chi connectivity index (χ0) is 20.2. The Morgan fingerprint density at radius 2 is 1.11 bits per heavy atom. The maximum atomic E-state index is 11.8. The second kappa shape index (κ2) is 19.4. The van der Waals surface area contributed by atoms with Gasteiger partial charge < -0.3 is 14.4 Å². The molecule has 0 aromatic heterocycles. The van der Waals surface area contributed by atoms with Crippen LogP contribution in [0.5, 0.6) is 0 Å². The second-order valence-electron chi connectivity index (χ2n) is 8.10. The van der Waals surface area contributed by atoms with Crippen molar-refractivity contribution < 1.29 is 18.9 Å². The van der Waals surface area contributed by atoms with Gasteiger partial charge in [-0.3, -0.25) is 4.57 Å². The van der Waals surface area contributed by atoms with Gasteiger partial charge in [0.2, 0.25) is 7.37 Å². The molecule has 0 aromatic carbocycles. The van der Waals surface area contributed by atoms with Crippen LogP contribution in [0.1, 0.15) is 111 Å². The highest BCUT2D eigenvalue weighted by molar-refractivity contribution is 7.58. The van der Waals surface area contributed by atoms with Gasteiger partial charge in [-0.2, -0.15) is 0 Å². The maximum Gasteiger partial charge on any atom is 0.203 e. The van der Waals surface area contributed by atoms with Crippen molar-refractivity contribution in [3.8, 4) is 0 Å². The molecule has 0 rings (SSSR count). The molecular formula is C22H47O4P. The van der Waals surface area contributed by atoms with Crippen molar-refractivity contribution in [1.82, 2.24) is 0 Å². The van der Waals surface area contributed by atoms with Gasteiger partial charge in [0.15, 0.2) is 0 Å². The molecule has 0 saturated carbocycles. The maximum absolute atomic E-state index is 11.8. The van der Waals surface area contributed by atoms with E-state index >= 15 is 0 Å². The third-order valence-electron chi connectivity index (χ3n) is 5.13. The smallest absolute Gasteiger partial charge is 0.203 e. The second-order valence-corrected chi connectivity index (χ2v) is 11.1. The van der Waals surface area contributed by atoms with Crippen LogP contribution in [0.3, 0.4) is 0 Å². The SMILES string of the molecule is CCCCCCCCCCOCOCCCCCCCCP(=O)(O)C(C)C. The minimum Gasteiger partial charge on any atom is -0.355 e. The van der Waals surface area contributed by atoms with Gasteiger partial charge in [-0.1, -0.05) is 91.4 Å². The molecule has 1 N–H and O–H groups in total. The van der Waals surface area contributed by atoms with E-state index in [0.29, 0.717) is 13.0 Å². The van der Waals surface area contributed by atoms with Crippen LogP contribution in [0, 0.1) is 0 Å². The van der Waals surface area contributed by atoms with Crippen LogP contribution in [-0.2, 0) is 14.0 Å². The molecule has 1 atom stereocenters. The number of hydrogen-bond donors (Lipinski definition) is 1. The highest BCUT2D eigenvalue weighted by Gasteiger charge is 2.21. The van der Waals surface area contributed by atoms with Crippen LogP contribution in [0.15, 0.2) is 0 Å². The lowest BCUT2D eigenvalue weighted by Gasteiger charge is -2.14. The summed E-state index contributed by atoms with van der Waals surface area (Å²) in [6.45, 7) is 7.95. The number of rotatable bonds is 21. The Morgan fingerprint density at radius 1 is 0.704 bits per heavy atom. The molecule has 0 heterocycles. The Bertz CT molecular complexity index is 347. The van der Waals surface area contributed by atoms with E-state index in [-0.39, 0.29) is 5.66 Å². The van der Waals surface area contributed by atoms with Crippen molar-refractivity contribution in [2.75, 3.05) is 26.2 Å². The first-order valence-electron chi connectivity index (χ1n) is 11.5. The summed E-state index contributed by atoms with van der Waals surface area (Å²) < 4.78 is 22.9. The van der Waals surface area contributed by atoms with Gasteiger partial charge >= 0.3 is 0 Å². The van der Waals surface area contributed by atoms with E-state index in [1.165, 1.54) is 57.8 Å². The molecule has 0 bridgehead atoms. The molecule has 5 heteroatoms. The van der Waals surface area contributed by atoms with Gasteiger partial charge in [0.25, 0.3) is 0 Å². The topological polar surface area (TPSA) is 55.8 Å². The lowest BCUT2D eigenvalue weighted by molar-refractivity contribution is -0.0556. The molecule has 164 valence electrons. The standard InChI is InChI=1S/C22H47O4P/c1-4-5-6-7-8-9-12-15-18-25-21-26-19-16-13-10-11-14-17-20-27(23,24)22(2)3/h22H,4-21H2,1-3H3,(H,23,24). The molecule has 0 spiro atoms. The van der Waals surface area contributed by atoms with Crippen LogP contribution >= 0.6 is 7.37 Å². The van der Waals surface area contributed by atoms with Gasteiger partial charge in [0, 0.05) is 25.0 Å². The van der Waals surface area contributed by atoms with Gasteiger partial charge in [-0.15, -0.1) is 0 Å². The fourth-order valence-electron chi connectivity index (χ4n) is 3.02. The van der Waals surface area contributed by atoms with E-state index in [2.05, 4.69) is 6.92 Å². The van der Waals surface area contributed by atoms with E-state index in [1.807, 2.05) is 13.8 Å². The highest BCUT2D eigenvalue weighted by Crippen LogP contribution is 2.46. The predicted octanol–water partition coefficient (Wildman–Crippen LogP) is 7.14. The molecule has 0 saturated heterocycles. The largest absolute Gasteiger partial charge is 0.355 e. The summed E-state index contributed by atoms with van der Waals surface area (Å²) >= 11 is 0. The molecule has 0 radical (unpaired) electrons. The highest BCUT2D eigenvalue weighted by atomic mass is 31.2. The lowest BCUT2D eigenvalue weighted by atomic mass is 10.1. The van der Waals surface area contributed by atoms with Gasteiger partial charge in [0.05, 0.1) is 0 Å². The zero-order valence-electron chi connectivity index (χ0n) is 18.4. The fourth-order valence-corrected chi connectivity index (χ4v) is 4.22. The molecular weight excluding hydrogens is 359 g/mol. The van der Waals surface area contributed by atoms with Crippen molar-refractivity contribution in [3.63, 3.8) is 0 Å². The van der Waals surface area contributed by atoms with Gasteiger partial charge in [-0.25, -0.2) is 0 Å². The van der Waals surface area contributed by atoms with Gasteiger partial charge in [0.1, 0.15) is 6.79 Å². The third-order valence-corrected chi connectivity index (χ3v) is 7.70. The van der Waals surface area contributed by atoms with Crippen LogP contribution in [0.2, 0.25) is 0 Å². The van der Waals surface area contributed by atoms with Gasteiger partial charge in [-0.05, 0) is 19.3 Å². The lowest BCUT2D eigenvalue weighted by Crippen LogP contribution is -2.03. The molecule has 0 amide bonds. The van der Waals surface area contributed by atoms with E-state index in [9.17, 15) is 9.46 Å². The summed E-state index contributed by atoms with van der Waals surface area (Å²) in [5.41, 5.74) is -0.104. The van der Waals surface area contributed by atoms with Crippen molar-refractivity contribution >= 4 is 7.37 Å². The summed E-state index contributed by atoms with van der Waals surface area (Å²) in [5, 5.41) is 0. The van der Waals surface area contributed by atoms with E-state index in [0.717, 1.165) is 45.3 Å². The summed E-state index contributed by atoms with van der Waals surface area (Å²) in [7, 11) is -2.89. The minimum absolute atomic E-state index is 0.104. The summed E-state index contributed by atoms with van der Waals surface area (Å²) in [4.78, 5) is 9.76. The molecule has 0 aliphatic heterocycles. The van der Waals surface area contributed by atoms with Crippen LogP contribution in [0.4, 0.5) is 0 Å². The Hall–Kier alpha value is 0.110. The Morgan fingerprint density at radius 3 is 1.56 bits per heavy atom. The summed E-state index contributed by atoms with van der Waals surface area (Å²) in [6.07, 6.45) is 17.6. The Labute approximate surface area is 169 Å². The molecule has 0 aliphatic carbocycles. The molecule has 0 aromatic rings. The number of unbranched alkanes of at least 4 members (excludes halogenated alkanes) is 12. The average Bonchev–Trinajstić information content (AvgIpc) is 2.63. The molecule has 27 heavy (non-hydrogen) atoms. The average molecular weight is 407 g/mol. The first-order valence-corrected chi connectivity index (χ1v) is 13.4. The third kappa shape index (κ3) is 19.2. The van der Waals surface area contributed by atoms with Crippen molar-refractivity contribution in [2.45, 2.75) is 116 Å². The minimum atomic E-state index is -2.89. The van der Waals surface area contributed by atoms with E-state index < -0.39 is 7.37 Å². The summed E-state index contributed by atoms with van der Waals surface area (Å²) in [6, 6.07) is 0. The monoisotopic (exact) mass is 406 g/mol. The van der Waals surface area contributed by atoms with Crippen molar-refractivity contribution in [2.24, 2.45) is 0 Å². The Balaban J connectivity index is 3.12. The van der Waals surface area contributed by atoms with E-state index in [4.69, 9.17) is 9.47 Å². The van der Waals surface area contributed by atoms with Crippen LogP contribution < -0.4 is 0 Å². The predicted molar refractivity (Wildman–Crippen MR) is 117 cm³/mol. The van der Waals surface area contributed by atoms with Crippen LogP contribution in [-0.4, -0.2) is 36.7 Å². The quantitative estimate of drug-likeness (QED) is 0.125. The Kier molecular flexibility index (Phi) is 19.5. The normalized spacial score (nSPS) is 14.0. The zero-order valence-corrected chi connectivity index (χ0v) is 19.3.